The molecule has 0 spiro atoms. The van der Waals surface area contributed by atoms with Crippen molar-refractivity contribution in [1.82, 2.24) is 10.6 Å². The lowest BCUT2D eigenvalue weighted by molar-refractivity contribution is -0.142. The first kappa shape index (κ1) is 14.8. The molecule has 1 fully saturated rings. The second kappa shape index (κ2) is 6.04. The lowest BCUT2D eigenvalue weighted by Gasteiger charge is -2.28. The van der Waals surface area contributed by atoms with Crippen molar-refractivity contribution in [2.24, 2.45) is 5.92 Å². The van der Waals surface area contributed by atoms with Gasteiger partial charge in [0.1, 0.15) is 5.60 Å². The fraction of sp³-hybridized carbons (Fsp3) is 0.833. The molecule has 2 unspecified atom stereocenters. The molecule has 1 saturated heterocycles. The highest BCUT2D eigenvalue weighted by atomic mass is 16.6. The van der Waals surface area contributed by atoms with E-state index >= 15 is 0 Å². The Morgan fingerprint density at radius 2 is 2.11 bits per heavy atom. The van der Waals surface area contributed by atoms with Gasteiger partial charge in [-0.05, 0) is 40.2 Å². The fourth-order valence-electron chi connectivity index (χ4n) is 1.91. The Balaban J connectivity index is 2.31. The Morgan fingerprint density at radius 1 is 1.44 bits per heavy atom. The number of nitrogens with one attached hydrogen (secondary N) is 2. The highest BCUT2D eigenvalue weighted by molar-refractivity contribution is 5.70. The molecule has 0 aromatic rings. The number of rotatable bonds is 3. The second-order valence-corrected chi connectivity index (χ2v) is 5.59. The molecule has 0 aromatic heterocycles. The summed E-state index contributed by atoms with van der Waals surface area (Å²) >= 11 is 0. The number of amides is 1. The third-order valence-electron chi connectivity index (χ3n) is 2.74. The molecule has 18 heavy (non-hydrogen) atoms. The van der Waals surface area contributed by atoms with Crippen LogP contribution in [0.5, 0.6) is 0 Å². The number of hydrogen-bond donors (Lipinski definition) is 3. The van der Waals surface area contributed by atoms with E-state index in [1.54, 1.807) is 20.8 Å². The molecule has 3 N–H and O–H groups in total. The molecule has 0 saturated carbocycles. The van der Waals surface area contributed by atoms with E-state index in [-0.39, 0.29) is 12.0 Å². The molecule has 1 heterocycles. The van der Waals surface area contributed by atoms with Crippen LogP contribution in [0.4, 0.5) is 4.79 Å². The van der Waals surface area contributed by atoms with Crippen LogP contribution in [0.25, 0.3) is 0 Å². The first-order valence-electron chi connectivity index (χ1n) is 6.21. The minimum atomic E-state index is -0.765. The van der Waals surface area contributed by atoms with Gasteiger partial charge in [0.2, 0.25) is 0 Å². The van der Waals surface area contributed by atoms with E-state index in [1.165, 1.54) is 0 Å². The standard InChI is InChI=1S/C12H22N2O4/c1-12(2,3)18-11(17)14-7-9-6-8(10(15)16)4-5-13-9/h8-9,13H,4-7H2,1-3H3,(H,14,17)(H,15,16). The first-order valence-corrected chi connectivity index (χ1v) is 6.21. The van der Waals surface area contributed by atoms with Crippen molar-refractivity contribution in [3.05, 3.63) is 0 Å². The van der Waals surface area contributed by atoms with Gasteiger partial charge in [0.25, 0.3) is 0 Å². The lowest BCUT2D eigenvalue weighted by atomic mass is 9.92. The zero-order chi connectivity index (χ0) is 13.8. The van der Waals surface area contributed by atoms with Gasteiger partial charge in [-0.15, -0.1) is 0 Å². The van der Waals surface area contributed by atoms with Crippen molar-refractivity contribution in [2.75, 3.05) is 13.1 Å². The predicted octanol–water partition coefficient (Wildman–Crippen LogP) is 0.964. The minimum Gasteiger partial charge on any atom is -0.481 e. The molecular formula is C12H22N2O4. The molecule has 1 amide bonds. The molecule has 6 nitrogen and oxygen atoms in total. The Hall–Kier alpha value is -1.30. The predicted molar refractivity (Wildman–Crippen MR) is 66.4 cm³/mol. The molecule has 2 atom stereocenters. The van der Waals surface area contributed by atoms with Crippen LogP contribution in [0.15, 0.2) is 0 Å². The maximum absolute atomic E-state index is 11.4. The van der Waals surface area contributed by atoms with Crippen molar-refractivity contribution < 1.29 is 19.4 Å². The topological polar surface area (TPSA) is 87.7 Å². The summed E-state index contributed by atoms with van der Waals surface area (Å²) < 4.78 is 5.11. The van der Waals surface area contributed by atoms with Crippen molar-refractivity contribution in [2.45, 2.75) is 45.3 Å². The maximum atomic E-state index is 11.4. The summed E-state index contributed by atoms with van der Waals surface area (Å²) in [6, 6.07) is -0.00707. The molecule has 6 heteroatoms. The zero-order valence-corrected chi connectivity index (χ0v) is 11.2. The Morgan fingerprint density at radius 3 is 2.67 bits per heavy atom. The van der Waals surface area contributed by atoms with Crippen LogP contribution >= 0.6 is 0 Å². The smallest absolute Gasteiger partial charge is 0.407 e. The summed E-state index contributed by atoms with van der Waals surface area (Å²) in [5.41, 5.74) is -0.520. The summed E-state index contributed by atoms with van der Waals surface area (Å²) in [5, 5.41) is 14.8. The monoisotopic (exact) mass is 258 g/mol. The van der Waals surface area contributed by atoms with Gasteiger partial charge in [0, 0.05) is 12.6 Å². The van der Waals surface area contributed by atoms with Gasteiger partial charge in [-0.2, -0.15) is 0 Å². The van der Waals surface area contributed by atoms with Crippen molar-refractivity contribution in [3.63, 3.8) is 0 Å². The summed E-state index contributed by atoms with van der Waals surface area (Å²) in [5.74, 6) is -1.09. The van der Waals surface area contributed by atoms with Gasteiger partial charge in [0.05, 0.1) is 5.92 Å². The normalized spacial score (nSPS) is 24.4. The van der Waals surface area contributed by atoms with Crippen LogP contribution in [0.3, 0.4) is 0 Å². The molecular weight excluding hydrogens is 236 g/mol. The van der Waals surface area contributed by atoms with Crippen LogP contribution in [0, 0.1) is 5.92 Å². The largest absolute Gasteiger partial charge is 0.481 e. The maximum Gasteiger partial charge on any atom is 0.407 e. The number of piperidine rings is 1. The van der Waals surface area contributed by atoms with Gasteiger partial charge in [-0.3, -0.25) is 4.79 Å². The molecule has 1 aliphatic rings. The molecule has 1 rings (SSSR count). The molecule has 1 aliphatic heterocycles. The minimum absolute atomic E-state index is 0.00707. The van der Waals surface area contributed by atoms with Crippen molar-refractivity contribution >= 4 is 12.1 Å². The quantitative estimate of drug-likeness (QED) is 0.702. The highest BCUT2D eigenvalue weighted by Gasteiger charge is 2.27. The van der Waals surface area contributed by atoms with Crippen molar-refractivity contribution in [3.8, 4) is 0 Å². The van der Waals surface area contributed by atoms with E-state index in [0.717, 1.165) is 0 Å². The summed E-state index contributed by atoms with van der Waals surface area (Å²) in [7, 11) is 0. The number of aliphatic carboxylic acids is 1. The number of carboxylic acid groups (broad SMARTS) is 1. The molecule has 0 aromatic carbocycles. The number of carboxylic acids is 1. The lowest BCUT2D eigenvalue weighted by Crippen LogP contribution is -2.47. The van der Waals surface area contributed by atoms with Crippen LogP contribution < -0.4 is 10.6 Å². The van der Waals surface area contributed by atoms with Gasteiger partial charge < -0.3 is 20.5 Å². The van der Waals surface area contributed by atoms with E-state index in [0.29, 0.717) is 25.9 Å². The number of carbonyl (C=O) groups excluding carboxylic acids is 1. The van der Waals surface area contributed by atoms with Crippen molar-refractivity contribution in [1.29, 1.82) is 0 Å². The molecule has 104 valence electrons. The van der Waals surface area contributed by atoms with E-state index in [9.17, 15) is 9.59 Å². The van der Waals surface area contributed by atoms with Crippen LogP contribution in [0.2, 0.25) is 0 Å². The SMILES string of the molecule is CC(C)(C)OC(=O)NCC1CC(C(=O)O)CCN1. The van der Waals surface area contributed by atoms with E-state index < -0.39 is 17.7 Å². The number of carbonyl (C=O) groups is 2. The molecule has 0 radical (unpaired) electrons. The third-order valence-corrected chi connectivity index (χ3v) is 2.74. The summed E-state index contributed by atoms with van der Waals surface area (Å²) in [4.78, 5) is 22.3. The first-order chi connectivity index (χ1) is 8.28. The van der Waals surface area contributed by atoms with Crippen LogP contribution in [-0.2, 0) is 9.53 Å². The number of alkyl carbamates (subject to hydrolysis) is 1. The fourth-order valence-corrected chi connectivity index (χ4v) is 1.91. The Labute approximate surface area is 107 Å². The highest BCUT2D eigenvalue weighted by Crippen LogP contribution is 2.16. The number of ether oxygens (including phenoxy) is 1. The summed E-state index contributed by atoms with van der Waals surface area (Å²) in [6.07, 6.45) is 0.699. The van der Waals surface area contributed by atoms with Crippen LogP contribution in [0.1, 0.15) is 33.6 Å². The average molecular weight is 258 g/mol. The molecule has 0 aliphatic carbocycles. The van der Waals surface area contributed by atoms with Gasteiger partial charge in [-0.1, -0.05) is 0 Å². The zero-order valence-electron chi connectivity index (χ0n) is 11.2. The second-order valence-electron chi connectivity index (χ2n) is 5.59. The third kappa shape index (κ3) is 5.35. The van der Waals surface area contributed by atoms with Crippen LogP contribution in [-0.4, -0.2) is 41.9 Å². The van der Waals surface area contributed by atoms with E-state index in [1.807, 2.05) is 0 Å². The number of hydrogen-bond acceptors (Lipinski definition) is 4. The van der Waals surface area contributed by atoms with Gasteiger partial charge in [-0.25, -0.2) is 4.79 Å². The van der Waals surface area contributed by atoms with E-state index in [2.05, 4.69) is 10.6 Å². The average Bonchev–Trinajstić information content (AvgIpc) is 2.24. The van der Waals surface area contributed by atoms with E-state index in [4.69, 9.17) is 9.84 Å². The Bertz CT molecular complexity index is 312. The Kier molecular flexibility index (Phi) is 4.95. The molecule has 0 bridgehead atoms. The van der Waals surface area contributed by atoms with Gasteiger partial charge >= 0.3 is 12.1 Å². The summed E-state index contributed by atoms with van der Waals surface area (Å²) in [6.45, 7) is 6.44. The van der Waals surface area contributed by atoms with Gasteiger partial charge in [0.15, 0.2) is 0 Å².